The van der Waals surface area contributed by atoms with Gasteiger partial charge in [0, 0.05) is 30.0 Å². The minimum atomic E-state index is 0.600. The zero-order valence-corrected chi connectivity index (χ0v) is 8.43. The van der Waals surface area contributed by atoms with Gasteiger partial charge in [0.05, 0.1) is 0 Å². The van der Waals surface area contributed by atoms with Crippen molar-refractivity contribution in [2.24, 2.45) is 5.11 Å². The molecule has 0 fully saturated rings. The van der Waals surface area contributed by atoms with Crippen molar-refractivity contribution in [3.63, 3.8) is 0 Å². The lowest BCUT2D eigenvalue weighted by Gasteiger charge is -1.95. The van der Waals surface area contributed by atoms with Gasteiger partial charge in [-0.1, -0.05) is 5.11 Å². The number of nitrogens with zero attached hydrogens (tertiary/aromatic N) is 4. The molecule has 0 aliphatic heterocycles. The summed E-state index contributed by atoms with van der Waals surface area (Å²) in [5.41, 5.74) is 9.34. The number of aryl methyl sites for hydroxylation is 2. The highest BCUT2D eigenvalue weighted by Gasteiger charge is 1.97. The highest BCUT2D eigenvalue weighted by Crippen LogP contribution is 1.93. The van der Waals surface area contributed by atoms with Crippen molar-refractivity contribution in [3.05, 3.63) is 40.5 Å². The van der Waals surface area contributed by atoms with Gasteiger partial charge in [-0.25, -0.2) is 4.57 Å². The van der Waals surface area contributed by atoms with Crippen LogP contribution < -0.4 is 4.57 Å². The van der Waals surface area contributed by atoms with Gasteiger partial charge in [-0.05, 0) is 24.4 Å². The maximum atomic E-state index is 8.07. The van der Waals surface area contributed by atoms with Gasteiger partial charge in [-0.15, -0.1) is 0 Å². The molecule has 14 heavy (non-hydrogen) atoms. The Morgan fingerprint density at radius 2 is 2.07 bits per heavy atom. The van der Waals surface area contributed by atoms with Crippen LogP contribution in [-0.2, 0) is 6.54 Å². The van der Waals surface area contributed by atoms with Gasteiger partial charge in [0.1, 0.15) is 6.54 Å². The zero-order chi connectivity index (χ0) is 10.2. The van der Waals surface area contributed by atoms with Crippen molar-refractivity contribution < 1.29 is 4.57 Å². The maximum absolute atomic E-state index is 8.07. The molecule has 1 rings (SSSR count). The Morgan fingerprint density at radius 3 is 2.71 bits per heavy atom. The Kier molecular flexibility index (Phi) is 4.51. The molecule has 1 aromatic rings. The minimum absolute atomic E-state index is 0.600. The number of hydrogen-bond donors (Lipinski definition) is 0. The maximum Gasteiger partial charge on any atom is 0.169 e. The first-order chi connectivity index (χ1) is 6.83. The highest BCUT2D eigenvalue weighted by molar-refractivity contribution is 5.03. The molecule has 0 radical (unpaired) electrons. The largest absolute Gasteiger partial charge is 0.205 e. The highest BCUT2D eigenvalue weighted by atomic mass is 15.1. The van der Waals surface area contributed by atoms with E-state index in [0.29, 0.717) is 6.54 Å². The van der Waals surface area contributed by atoms with E-state index in [9.17, 15) is 0 Å². The van der Waals surface area contributed by atoms with E-state index >= 15 is 0 Å². The summed E-state index contributed by atoms with van der Waals surface area (Å²) in [4.78, 5) is 2.71. The van der Waals surface area contributed by atoms with Crippen LogP contribution in [0.2, 0.25) is 0 Å². The third kappa shape index (κ3) is 3.92. The molecule has 0 aromatic carbocycles. The van der Waals surface area contributed by atoms with Crippen LogP contribution in [0.4, 0.5) is 0 Å². The summed E-state index contributed by atoms with van der Waals surface area (Å²) in [5.74, 6) is 0. The van der Waals surface area contributed by atoms with Gasteiger partial charge in [-0.3, -0.25) is 0 Å². The summed E-state index contributed by atoms with van der Waals surface area (Å²) < 4.78 is 2.14. The third-order valence-electron chi connectivity index (χ3n) is 2.05. The molecule has 4 nitrogen and oxygen atoms in total. The van der Waals surface area contributed by atoms with Gasteiger partial charge in [0.15, 0.2) is 12.4 Å². The summed E-state index contributed by atoms with van der Waals surface area (Å²) in [6, 6.07) is 4.18. The molecule has 0 saturated carbocycles. The van der Waals surface area contributed by atoms with E-state index in [0.717, 1.165) is 19.4 Å². The molecule has 0 spiro atoms. The molecule has 0 unspecified atom stereocenters. The van der Waals surface area contributed by atoms with Crippen LogP contribution in [0.25, 0.3) is 10.4 Å². The third-order valence-corrected chi connectivity index (χ3v) is 2.05. The Morgan fingerprint density at radius 1 is 1.36 bits per heavy atom. The second kappa shape index (κ2) is 6.00. The average molecular weight is 191 g/mol. The van der Waals surface area contributed by atoms with Gasteiger partial charge in [-0.2, -0.15) is 0 Å². The van der Waals surface area contributed by atoms with Gasteiger partial charge < -0.3 is 0 Å². The molecule has 0 aliphatic carbocycles. The fourth-order valence-corrected chi connectivity index (χ4v) is 1.20. The van der Waals surface area contributed by atoms with E-state index in [1.165, 1.54) is 5.56 Å². The summed E-state index contributed by atoms with van der Waals surface area (Å²) in [7, 11) is 0. The standard InChI is InChI=1S/C10H15N4/c1-10-4-8-14(9-5-10)7-3-2-6-12-13-11/h4-5,8-9H,2-3,6-7H2,1H3/q+1. The summed E-state index contributed by atoms with van der Waals surface area (Å²) in [6.07, 6.45) is 6.14. The van der Waals surface area contributed by atoms with Crippen LogP contribution >= 0.6 is 0 Å². The van der Waals surface area contributed by atoms with E-state index < -0.39 is 0 Å². The fraction of sp³-hybridized carbons (Fsp3) is 0.500. The fourth-order valence-electron chi connectivity index (χ4n) is 1.20. The van der Waals surface area contributed by atoms with Gasteiger partial charge >= 0.3 is 0 Å². The lowest BCUT2D eigenvalue weighted by atomic mass is 10.3. The molecule has 1 aromatic heterocycles. The molecule has 0 atom stereocenters. The number of rotatable bonds is 5. The first-order valence-corrected chi connectivity index (χ1v) is 4.79. The molecule has 1 heterocycles. The van der Waals surface area contributed by atoms with E-state index in [2.05, 4.69) is 46.0 Å². The van der Waals surface area contributed by atoms with Crippen molar-refractivity contribution in [2.75, 3.05) is 6.54 Å². The topological polar surface area (TPSA) is 52.6 Å². The van der Waals surface area contributed by atoms with Gasteiger partial charge in [0.2, 0.25) is 0 Å². The number of azide groups is 1. The average Bonchev–Trinajstić information content (AvgIpc) is 2.21. The Bertz CT molecular complexity index is 311. The number of hydrogen-bond acceptors (Lipinski definition) is 1. The lowest BCUT2D eigenvalue weighted by Crippen LogP contribution is -2.32. The first kappa shape index (κ1) is 10.5. The van der Waals surface area contributed by atoms with Crippen LogP contribution in [0.5, 0.6) is 0 Å². The number of unbranched alkanes of at least 4 members (excludes halogenated alkanes) is 1. The van der Waals surface area contributed by atoms with Crippen molar-refractivity contribution >= 4 is 0 Å². The molecular formula is C10H15N4+. The molecule has 74 valence electrons. The predicted octanol–water partition coefficient (Wildman–Crippen LogP) is 2.37. The molecule has 0 aliphatic rings. The molecule has 0 saturated heterocycles. The lowest BCUT2D eigenvalue weighted by molar-refractivity contribution is -0.697. The van der Waals surface area contributed by atoms with Crippen LogP contribution in [0, 0.1) is 6.92 Å². The van der Waals surface area contributed by atoms with E-state index in [-0.39, 0.29) is 0 Å². The summed E-state index contributed by atoms with van der Waals surface area (Å²) in [5, 5.41) is 3.49. The van der Waals surface area contributed by atoms with Crippen LogP contribution in [0.15, 0.2) is 29.6 Å². The monoisotopic (exact) mass is 191 g/mol. The molecular weight excluding hydrogens is 176 g/mol. The van der Waals surface area contributed by atoms with Crippen LogP contribution in [0.3, 0.4) is 0 Å². The van der Waals surface area contributed by atoms with Crippen molar-refractivity contribution in [2.45, 2.75) is 26.3 Å². The normalized spacial score (nSPS) is 9.50. The first-order valence-electron chi connectivity index (χ1n) is 4.79. The summed E-state index contributed by atoms with van der Waals surface area (Å²) >= 11 is 0. The SMILES string of the molecule is Cc1cc[n+](CCCCN=[N+]=[N-])cc1. The van der Waals surface area contributed by atoms with Crippen molar-refractivity contribution in [1.29, 1.82) is 0 Å². The Hall–Kier alpha value is -1.54. The van der Waals surface area contributed by atoms with E-state index in [1.807, 2.05) is 0 Å². The van der Waals surface area contributed by atoms with Crippen LogP contribution in [-0.4, -0.2) is 6.54 Å². The number of pyridine rings is 1. The zero-order valence-electron chi connectivity index (χ0n) is 8.43. The van der Waals surface area contributed by atoms with E-state index in [4.69, 9.17) is 5.53 Å². The van der Waals surface area contributed by atoms with Crippen molar-refractivity contribution in [1.82, 2.24) is 0 Å². The number of aromatic nitrogens is 1. The smallest absolute Gasteiger partial charge is 0.169 e. The Labute approximate surface area is 83.8 Å². The summed E-state index contributed by atoms with van der Waals surface area (Å²) in [6.45, 7) is 3.66. The predicted molar refractivity (Wildman–Crippen MR) is 54.6 cm³/mol. The molecule has 0 amide bonds. The molecule has 4 heteroatoms. The minimum Gasteiger partial charge on any atom is -0.205 e. The Balaban J connectivity index is 2.24. The van der Waals surface area contributed by atoms with Gasteiger partial charge in [0.25, 0.3) is 0 Å². The molecule has 0 N–H and O–H groups in total. The second-order valence-corrected chi connectivity index (χ2v) is 3.27. The van der Waals surface area contributed by atoms with Crippen molar-refractivity contribution in [3.8, 4) is 0 Å². The van der Waals surface area contributed by atoms with Crippen LogP contribution in [0.1, 0.15) is 18.4 Å². The quantitative estimate of drug-likeness (QED) is 0.225. The van der Waals surface area contributed by atoms with E-state index in [1.54, 1.807) is 0 Å². The second-order valence-electron chi connectivity index (χ2n) is 3.27. The molecule has 0 bridgehead atoms.